The molecule has 3 N–H and O–H groups in total. The van der Waals surface area contributed by atoms with Crippen molar-refractivity contribution in [1.82, 2.24) is 9.13 Å². The van der Waals surface area contributed by atoms with E-state index < -0.39 is 0 Å². The van der Waals surface area contributed by atoms with Crippen LogP contribution in [0, 0.1) is 0 Å². The number of nitrogens with one attached hydrogen (secondary N) is 1. The molecule has 0 saturated heterocycles. The Labute approximate surface area is 564 Å². The molecule has 10 aromatic carbocycles. The molecule has 426 valence electrons. The van der Waals surface area contributed by atoms with Crippen LogP contribution in [0.1, 0.15) is 0 Å². The molecule has 0 bridgehead atoms. The number of rotatable bonds is 6. The molecule has 84 heavy (non-hydrogen) atoms. The summed E-state index contributed by atoms with van der Waals surface area (Å²) in [6, 6.07) is 88.5. The van der Waals surface area contributed by atoms with Gasteiger partial charge in [-0.1, -0.05) is 174 Å². The first-order chi connectivity index (χ1) is 41.4. The van der Waals surface area contributed by atoms with E-state index >= 15 is 0 Å². The van der Waals surface area contributed by atoms with Gasteiger partial charge in [0.1, 0.15) is 0 Å². The molecule has 2 heterocycles. The topological polar surface area (TPSA) is 47.9 Å². The number of para-hydroxylation sites is 4. The zero-order valence-electron chi connectivity index (χ0n) is 43.4. The first-order valence-corrected chi connectivity index (χ1v) is 46.5. The third kappa shape index (κ3) is 20.3. The summed E-state index contributed by atoms with van der Waals surface area (Å²) in [5, 5.41) is 8.65. The summed E-state index contributed by atoms with van der Waals surface area (Å²) in [6.07, 6.45) is 0. The normalized spacial score (nSPS) is 9.82. The molecule has 0 radical (unpaired) electrons. The summed E-state index contributed by atoms with van der Waals surface area (Å²) >= 11 is 29.4. The van der Waals surface area contributed by atoms with Gasteiger partial charge in [0.2, 0.25) is 0 Å². The lowest BCUT2D eigenvalue weighted by atomic mass is 10.1. The van der Waals surface area contributed by atoms with Crippen molar-refractivity contribution in [2.24, 2.45) is 0 Å². The SMILES string of the molecule is Brc1ccc2c(c1)c1ccccc1n2-c1ccccc1.Nc1ccc(-c2ccccc2)cc1.S=S.S=S=S=S=S=S=S=S.S=S=S=S=S=S=S=S=S.c1ccc(-c2ccc(Nc3ccc4c(c3)c3ccccc3n4-c3ccccc3)cc2)cc1. The second-order valence-corrected chi connectivity index (χ2v) is 40.6. The molecule has 0 unspecified atom stereocenters. The van der Waals surface area contributed by atoms with E-state index in [9.17, 15) is 0 Å². The Bertz CT molecular complexity index is 4680. The Morgan fingerprint density at radius 2 is 0.631 bits per heavy atom. The van der Waals surface area contributed by atoms with Crippen LogP contribution in [0.3, 0.4) is 0 Å². The third-order valence-corrected chi connectivity index (χ3v) is 36.9. The van der Waals surface area contributed by atoms with Crippen molar-refractivity contribution in [3.05, 3.63) is 259 Å². The molecule has 12 rings (SSSR count). The predicted molar refractivity (Wildman–Crippen MR) is 421 cm³/mol. The molecule has 4 nitrogen and oxygen atoms in total. The van der Waals surface area contributed by atoms with Crippen LogP contribution >= 0.6 is 15.9 Å². The van der Waals surface area contributed by atoms with Crippen molar-refractivity contribution in [2.45, 2.75) is 0 Å². The van der Waals surface area contributed by atoms with Crippen molar-refractivity contribution in [3.63, 3.8) is 0 Å². The van der Waals surface area contributed by atoms with Gasteiger partial charge < -0.3 is 20.2 Å². The Morgan fingerprint density at radius 1 is 0.310 bits per heavy atom. The lowest BCUT2D eigenvalue weighted by Crippen LogP contribution is -1.93. The number of hydrogen-bond donors (Lipinski definition) is 2. The molecular weight excluding hydrogens is 1470 g/mol. The van der Waals surface area contributed by atoms with Gasteiger partial charge in [-0.15, -0.1) is 0 Å². The quantitative estimate of drug-likeness (QED) is 0.160. The highest BCUT2D eigenvalue weighted by Crippen LogP contribution is 2.36. The predicted octanol–water partition coefficient (Wildman–Crippen LogP) is 16.6. The molecule has 0 amide bonds. The number of benzene rings is 10. The van der Waals surface area contributed by atoms with Crippen LogP contribution in [-0.4, -0.2) is 9.13 Å². The standard InChI is InChI=1S/C30H22N2.C18H12BrN.C12H11N.S9.S8.S2/c1-3-9-22(10-4-1)23-15-17-24(18-16-23)31-25-19-20-30-28(21-25)27-13-7-8-14-29(27)32(30)26-11-5-2-6-12-26;19-13-10-11-18-16(12-13)15-8-4-5-9-17(15)20(18)14-6-2-1-3-7-14;13-12-8-6-11(7-9-12)10-4-2-1-3-5-10;1-3-5-7-9-8-6-4-2;1-3-5-7-8-6-4-2;1-2/h1-21,31H;1-12H;1-9H,13H2;;;. The maximum atomic E-state index is 5.60. The highest BCUT2D eigenvalue weighted by molar-refractivity contribution is 9.10. The Kier molecular flexibility index (Phi) is 30.9. The minimum Gasteiger partial charge on any atom is -0.399 e. The molecule has 12 aromatic rings. The maximum Gasteiger partial charge on any atom is 0.0542 e. The smallest absolute Gasteiger partial charge is 0.0542 e. The van der Waals surface area contributed by atoms with Gasteiger partial charge in [-0.3, -0.25) is 0 Å². The second kappa shape index (κ2) is 38.4. The average molecular weight is 1510 g/mol. The van der Waals surface area contributed by atoms with Gasteiger partial charge in [0.05, 0.1) is 22.1 Å². The van der Waals surface area contributed by atoms with E-state index in [2.05, 4.69) is 298 Å². The second-order valence-electron chi connectivity index (χ2n) is 16.7. The molecule has 0 atom stereocenters. The van der Waals surface area contributed by atoms with Crippen LogP contribution in [0.15, 0.2) is 259 Å². The summed E-state index contributed by atoms with van der Waals surface area (Å²) in [7, 11) is 20.0. The Balaban J connectivity index is 0.000000166. The Morgan fingerprint density at radius 3 is 1.06 bits per heavy atom. The molecule has 2 aromatic heterocycles. The van der Waals surface area contributed by atoms with Crippen molar-refractivity contribution in [1.29, 1.82) is 0 Å². The first kappa shape index (κ1) is 67.6. The summed E-state index contributed by atoms with van der Waals surface area (Å²) in [6.45, 7) is 0. The van der Waals surface area contributed by atoms with Gasteiger partial charge in [-0.25, -0.2) is 0 Å². The van der Waals surface area contributed by atoms with Gasteiger partial charge in [0.15, 0.2) is 0 Å². The number of aromatic nitrogens is 2. The number of fused-ring (bicyclic) bond motifs is 6. The fraction of sp³-hybridized carbons (Fsp3) is 0. The van der Waals surface area contributed by atoms with Gasteiger partial charge in [0, 0.05) is 237 Å². The zero-order chi connectivity index (χ0) is 59.1. The van der Waals surface area contributed by atoms with Crippen LogP contribution in [0.2, 0.25) is 0 Å². The number of anilines is 3. The number of nitrogens with two attached hydrogens (primary N) is 1. The zero-order valence-corrected chi connectivity index (χ0v) is 60.5. The lowest BCUT2D eigenvalue weighted by molar-refractivity contribution is 1.18. The van der Waals surface area contributed by atoms with Crippen LogP contribution in [-0.2, 0) is 183 Å². The van der Waals surface area contributed by atoms with Crippen LogP contribution in [0.5, 0.6) is 0 Å². The van der Waals surface area contributed by atoms with E-state index in [0.29, 0.717) is 0 Å². The fourth-order valence-electron chi connectivity index (χ4n) is 8.66. The number of nitrogen functional groups attached to an aromatic ring is 1. The molecule has 24 heteroatoms. The van der Waals surface area contributed by atoms with Crippen LogP contribution in [0.25, 0.3) is 77.2 Å². The summed E-state index contributed by atoms with van der Waals surface area (Å²) in [5.41, 5.74) is 20.7. The van der Waals surface area contributed by atoms with Crippen LogP contribution in [0.4, 0.5) is 17.1 Å². The van der Waals surface area contributed by atoms with E-state index in [1.54, 1.807) is 79.9 Å². The Hall–Kier alpha value is -3.94. The number of nitrogens with zero attached hydrogens (tertiary/aromatic N) is 2. The van der Waals surface area contributed by atoms with Gasteiger partial charge in [0.25, 0.3) is 0 Å². The van der Waals surface area contributed by atoms with Crippen molar-refractivity contribution < 1.29 is 0 Å². The average Bonchev–Trinajstić information content (AvgIpc) is 2.29. The van der Waals surface area contributed by atoms with Gasteiger partial charge in [-0.2, -0.15) is 0 Å². The molecule has 0 aliphatic carbocycles. The van der Waals surface area contributed by atoms with E-state index in [-0.39, 0.29) is 0 Å². The largest absolute Gasteiger partial charge is 0.399 e. The number of halogens is 1. The van der Waals surface area contributed by atoms with Crippen molar-refractivity contribution >= 4 is 259 Å². The highest BCUT2D eigenvalue weighted by atomic mass is 79.9. The molecule has 0 aliphatic rings. The van der Waals surface area contributed by atoms with Crippen molar-refractivity contribution in [2.75, 3.05) is 11.1 Å². The molecule has 0 fully saturated rings. The third-order valence-electron chi connectivity index (χ3n) is 11.9. The molecule has 0 aliphatic heterocycles. The molecule has 0 saturated carbocycles. The summed E-state index contributed by atoms with van der Waals surface area (Å²) in [5.74, 6) is 0. The number of hydrogen-bond acceptors (Lipinski definition) is 8. The van der Waals surface area contributed by atoms with Crippen LogP contribution < -0.4 is 11.1 Å². The minimum atomic E-state index is 0.805. The molecule has 0 spiro atoms. The lowest BCUT2D eigenvalue weighted by Gasteiger charge is -2.10. The summed E-state index contributed by atoms with van der Waals surface area (Å²) < 4.78 is 5.76. The van der Waals surface area contributed by atoms with Crippen molar-refractivity contribution in [3.8, 4) is 33.6 Å². The van der Waals surface area contributed by atoms with E-state index in [0.717, 1.165) is 21.5 Å². The first-order valence-electron chi connectivity index (χ1n) is 24.4. The van der Waals surface area contributed by atoms with E-state index in [4.69, 9.17) is 5.73 Å². The monoisotopic (exact) mass is 1510 g/mol. The van der Waals surface area contributed by atoms with Gasteiger partial charge >= 0.3 is 0 Å². The highest BCUT2D eigenvalue weighted by Gasteiger charge is 2.14. The minimum absolute atomic E-state index is 0.805. The van der Waals surface area contributed by atoms with Gasteiger partial charge in [-0.05, 0) is 119 Å². The fourth-order valence-corrected chi connectivity index (χ4v) is 33.7. The summed E-state index contributed by atoms with van der Waals surface area (Å²) in [4.78, 5) is 0. The molecular formula is C60H45BrN4S19. The maximum absolute atomic E-state index is 5.60. The van der Waals surface area contributed by atoms with E-state index in [1.807, 2.05) is 54.6 Å². The van der Waals surface area contributed by atoms with E-state index in [1.165, 1.54) is 113 Å².